The Morgan fingerprint density at radius 1 is 1.14 bits per heavy atom. The molecule has 0 saturated carbocycles. The Kier molecular flexibility index (Phi) is 16.1. The average Bonchev–Trinajstić information content (AvgIpc) is 0.722. The number of hydrogen-bond donors (Lipinski definition) is 2. The van der Waals surface area contributed by atoms with Crippen LogP contribution in [0.2, 0.25) is 0 Å². The molecule has 7 heavy (non-hydrogen) atoms. The van der Waals surface area contributed by atoms with Gasteiger partial charge in [-0.25, -0.2) is 0 Å². The van der Waals surface area contributed by atoms with Crippen molar-refractivity contribution in [3.05, 3.63) is 0 Å². The zero-order valence-corrected chi connectivity index (χ0v) is 9.97. The summed E-state index contributed by atoms with van der Waals surface area (Å²) in [4.78, 5) is 0. The van der Waals surface area contributed by atoms with E-state index in [9.17, 15) is 0 Å². The molecular weight excluding hydrogens is 175 g/mol. The van der Waals surface area contributed by atoms with Crippen molar-refractivity contribution < 1.29 is 68.9 Å². The number of hydrogen-bond acceptors (Lipinski definition) is 2. The number of rotatable bonds is 0. The van der Waals surface area contributed by atoms with Gasteiger partial charge in [0.15, 0.2) is 0 Å². The Morgan fingerprint density at radius 3 is 1.14 bits per heavy atom. The van der Waals surface area contributed by atoms with Crippen molar-refractivity contribution in [2.45, 2.75) is 0 Å². The Morgan fingerprint density at radius 2 is 1.14 bits per heavy atom. The molecule has 7 heteroatoms. The van der Waals surface area contributed by atoms with Gasteiger partial charge in [-0.05, 0) is 0 Å². The van der Waals surface area contributed by atoms with Crippen molar-refractivity contribution in [1.82, 2.24) is 0 Å². The molecule has 0 aromatic heterocycles. The van der Waals surface area contributed by atoms with Gasteiger partial charge in [0.2, 0.25) is 0 Å². The third-order valence-corrected chi connectivity index (χ3v) is 0. The van der Waals surface area contributed by atoms with Crippen LogP contribution in [-0.2, 0) is 10.4 Å². The van der Waals surface area contributed by atoms with Crippen molar-refractivity contribution >= 4 is 48.1 Å². The summed E-state index contributed by atoms with van der Waals surface area (Å²) in [6.07, 6.45) is 0. The van der Waals surface area contributed by atoms with E-state index in [2.05, 4.69) is 0 Å². The van der Waals surface area contributed by atoms with Crippen LogP contribution in [0.25, 0.3) is 0 Å². The van der Waals surface area contributed by atoms with Gasteiger partial charge >= 0.3 is 99.5 Å². The Labute approximate surface area is 114 Å². The van der Waals surface area contributed by atoms with Gasteiger partial charge in [-0.15, -0.1) is 0 Å². The van der Waals surface area contributed by atoms with Crippen molar-refractivity contribution in [2.24, 2.45) is 0 Å². The molecule has 0 heterocycles. The molecule has 4 nitrogen and oxygen atoms in total. The van der Waals surface area contributed by atoms with Gasteiger partial charge in [0, 0.05) is 0 Å². The van der Waals surface area contributed by atoms with E-state index >= 15 is 0 Å². The van der Waals surface area contributed by atoms with Crippen LogP contribution >= 0.6 is 0 Å². The Hall–Kier alpha value is 2.77. The Balaban J connectivity index is -0.0000000800. The predicted octanol–water partition coefficient (Wildman–Crippen LogP) is -4.03. The maximum Gasteiger partial charge on any atom is 2.00 e. The van der Waals surface area contributed by atoms with Crippen LogP contribution in [0.3, 0.4) is 0 Å². The van der Waals surface area contributed by atoms with Gasteiger partial charge in [0.05, 0.1) is 0 Å². The molecule has 0 radical (unpaired) electrons. The minimum atomic E-state index is -4.67. The van der Waals surface area contributed by atoms with Crippen LogP contribution in [0.4, 0.5) is 0 Å². The minimum absolute atomic E-state index is 0. The average molecular weight is 177 g/mol. The SMILES string of the molecule is O=S(=O)(O)O.[Ca+2].[K+]. The first-order valence-electron chi connectivity index (χ1n) is 0.698. The van der Waals surface area contributed by atoms with E-state index in [1.165, 1.54) is 0 Å². The summed E-state index contributed by atoms with van der Waals surface area (Å²) in [6, 6.07) is 0. The molecule has 0 saturated heterocycles. The standard InChI is InChI=1S/Ca.K.H2O4S/c;;1-5(2,3)4/h;;(H2,1,2,3,4)/q+2;+1;. The Bertz CT molecular complexity index is 94.9. The van der Waals surface area contributed by atoms with Crippen LogP contribution < -0.4 is 51.4 Å². The summed E-state index contributed by atoms with van der Waals surface area (Å²) >= 11 is 0. The summed E-state index contributed by atoms with van der Waals surface area (Å²) in [5.41, 5.74) is 0. The summed E-state index contributed by atoms with van der Waals surface area (Å²) < 4.78 is 31.6. The van der Waals surface area contributed by atoms with E-state index < -0.39 is 10.4 Å². The van der Waals surface area contributed by atoms with Crippen molar-refractivity contribution in [3.8, 4) is 0 Å². The molecule has 0 aliphatic carbocycles. The second-order valence-corrected chi connectivity index (χ2v) is 1.34. The first kappa shape index (κ1) is 16.4. The first-order valence-corrected chi connectivity index (χ1v) is 2.10. The van der Waals surface area contributed by atoms with Gasteiger partial charge in [-0.1, -0.05) is 0 Å². The molecule has 32 valence electrons. The normalized spacial score (nSPS) is 8.29. The molecule has 0 rings (SSSR count). The molecule has 0 spiro atoms. The van der Waals surface area contributed by atoms with Crippen molar-refractivity contribution in [3.63, 3.8) is 0 Å². The largest absolute Gasteiger partial charge is 2.00 e. The van der Waals surface area contributed by atoms with Gasteiger partial charge < -0.3 is 0 Å². The fraction of sp³-hybridized carbons (Fsp3) is 0. The van der Waals surface area contributed by atoms with Crippen LogP contribution in [0, 0.1) is 0 Å². The molecular formula is H2CaKO4S+3. The van der Waals surface area contributed by atoms with Gasteiger partial charge in [-0.2, -0.15) is 8.42 Å². The molecule has 0 atom stereocenters. The predicted molar refractivity (Wildman–Crippen MR) is 19.9 cm³/mol. The van der Waals surface area contributed by atoms with E-state index in [-0.39, 0.29) is 89.1 Å². The summed E-state index contributed by atoms with van der Waals surface area (Å²) in [5.74, 6) is 0. The quantitative estimate of drug-likeness (QED) is 0.292. The second-order valence-electron chi connectivity index (χ2n) is 0.448. The van der Waals surface area contributed by atoms with E-state index in [0.29, 0.717) is 0 Å². The fourth-order valence-electron chi connectivity index (χ4n) is 0. The third kappa shape index (κ3) is 52.5. The fourth-order valence-corrected chi connectivity index (χ4v) is 0. The monoisotopic (exact) mass is 177 g/mol. The van der Waals surface area contributed by atoms with Gasteiger partial charge in [0.1, 0.15) is 0 Å². The zero-order chi connectivity index (χ0) is 4.50. The minimum Gasteiger partial charge on any atom is -0.264 e. The molecule has 2 N–H and O–H groups in total. The molecule has 0 unspecified atom stereocenters. The van der Waals surface area contributed by atoms with E-state index in [1.807, 2.05) is 0 Å². The maximum absolute atomic E-state index is 8.74. The molecule has 0 fully saturated rings. The first-order chi connectivity index (χ1) is 2.00. The summed E-state index contributed by atoms with van der Waals surface area (Å²) in [5, 5.41) is 0. The zero-order valence-electron chi connectivity index (χ0n) is 3.83. The summed E-state index contributed by atoms with van der Waals surface area (Å²) in [6.45, 7) is 0. The van der Waals surface area contributed by atoms with Crippen molar-refractivity contribution in [2.75, 3.05) is 0 Å². The van der Waals surface area contributed by atoms with E-state index in [1.54, 1.807) is 0 Å². The molecule has 0 aliphatic rings. The van der Waals surface area contributed by atoms with Gasteiger partial charge in [0.25, 0.3) is 0 Å². The maximum atomic E-state index is 8.74. The topological polar surface area (TPSA) is 74.6 Å². The van der Waals surface area contributed by atoms with Gasteiger partial charge in [-0.3, -0.25) is 9.11 Å². The third-order valence-electron chi connectivity index (χ3n) is 0. The van der Waals surface area contributed by atoms with Crippen LogP contribution in [-0.4, -0.2) is 55.3 Å². The second kappa shape index (κ2) is 6.88. The van der Waals surface area contributed by atoms with E-state index in [0.717, 1.165) is 0 Å². The molecule has 0 amide bonds. The van der Waals surface area contributed by atoms with E-state index in [4.69, 9.17) is 17.5 Å². The smallest absolute Gasteiger partial charge is 0.264 e. The molecule has 0 bridgehead atoms. The summed E-state index contributed by atoms with van der Waals surface area (Å²) in [7, 11) is -4.67. The van der Waals surface area contributed by atoms with Crippen LogP contribution in [0.1, 0.15) is 0 Å². The molecule has 0 aromatic carbocycles. The van der Waals surface area contributed by atoms with Crippen LogP contribution in [0.15, 0.2) is 0 Å². The van der Waals surface area contributed by atoms with Crippen LogP contribution in [0.5, 0.6) is 0 Å². The molecule has 0 aliphatic heterocycles. The van der Waals surface area contributed by atoms with Crippen molar-refractivity contribution in [1.29, 1.82) is 0 Å². The molecule has 0 aromatic rings.